The van der Waals surface area contributed by atoms with Crippen LogP contribution in [0.4, 0.5) is 4.39 Å². The first kappa shape index (κ1) is 13.3. The second-order valence-electron chi connectivity index (χ2n) is 4.48. The van der Waals surface area contributed by atoms with Gasteiger partial charge in [0.2, 0.25) is 5.91 Å². The van der Waals surface area contributed by atoms with E-state index < -0.39 is 11.8 Å². The van der Waals surface area contributed by atoms with Crippen molar-refractivity contribution in [1.29, 1.82) is 0 Å². The summed E-state index contributed by atoms with van der Waals surface area (Å²) in [5, 5.41) is 8.54. The molecule has 1 amide bonds. The summed E-state index contributed by atoms with van der Waals surface area (Å²) in [7, 11) is 0. The molecule has 100 valence electrons. The number of hydrogen-bond donors (Lipinski definition) is 1. The molecule has 2 rings (SSSR count). The molecule has 0 atom stereocenters. The van der Waals surface area contributed by atoms with Crippen LogP contribution in [0.25, 0.3) is 6.08 Å². The molecule has 1 saturated heterocycles. The van der Waals surface area contributed by atoms with Gasteiger partial charge >= 0.3 is 5.97 Å². The van der Waals surface area contributed by atoms with Crippen molar-refractivity contribution in [2.75, 3.05) is 6.54 Å². The lowest BCUT2D eigenvalue weighted by Crippen LogP contribution is -2.23. The molecule has 1 aliphatic heterocycles. The summed E-state index contributed by atoms with van der Waals surface area (Å²) < 4.78 is 13.4. The third-order valence-electron chi connectivity index (χ3n) is 2.94. The largest absolute Gasteiger partial charge is 0.478 e. The van der Waals surface area contributed by atoms with E-state index >= 15 is 0 Å². The van der Waals surface area contributed by atoms with Gasteiger partial charge in [-0.3, -0.25) is 4.79 Å². The van der Waals surface area contributed by atoms with E-state index in [2.05, 4.69) is 0 Å². The van der Waals surface area contributed by atoms with E-state index in [1.165, 1.54) is 18.2 Å². The number of likely N-dealkylation sites (tertiary alicyclic amines) is 1. The Hall–Kier alpha value is -2.17. The van der Waals surface area contributed by atoms with Crippen LogP contribution in [-0.4, -0.2) is 28.4 Å². The average Bonchev–Trinajstić information content (AvgIpc) is 2.72. The van der Waals surface area contributed by atoms with Gasteiger partial charge in [-0.15, -0.1) is 0 Å². The van der Waals surface area contributed by atoms with E-state index in [0.717, 1.165) is 12.5 Å². The smallest absolute Gasteiger partial charge is 0.328 e. The summed E-state index contributed by atoms with van der Waals surface area (Å²) in [4.78, 5) is 23.6. The Balaban J connectivity index is 2.16. The van der Waals surface area contributed by atoms with Gasteiger partial charge in [0, 0.05) is 25.6 Å². The Labute approximate surface area is 110 Å². The van der Waals surface area contributed by atoms with Gasteiger partial charge < -0.3 is 10.0 Å². The number of carbonyl (C=O) groups excluding carboxylic acids is 1. The molecular formula is C14H14FNO3. The Morgan fingerprint density at radius 2 is 2.21 bits per heavy atom. The van der Waals surface area contributed by atoms with E-state index in [0.29, 0.717) is 30.6 Å². The van der Waals surface area contributed by atoms with Gasteiger partial charge in [-0.1, -0.05) is 0 Å². The molecule has 0 unspecified atom stereocenters. The maximum atomic E-state index is 13.4. The molecule has 1 N–H and O–H groups in total. The van der Waals surface area contributed by atoms with Crippen LogP contribution >= 0.6 is 0 Å². The van der Waals surface area contributed by atoms with Gasteiger partial charge in [0.15, 0.2) is 0 Å². The molecule has 0 radical (unpaired) electrons. The van der Waals surface area contributed by atoms with Crippen LogP contribution in [0.15, 0.2) is 24.3 Å². The van der Waals surface area contributed by atoms with Crippen molar-refractivity contribution in [1.82, 2.24) is 4.90 Å². The highest BCUT2D eigenvalue weighted by atomic mass is 19.1. The zero-order chi connectivity index (χ0) is 13.8. The van der Waals surface area contributed by atoms with Crippen molar-refractivity contribution in [2.24, 2.45) is 0 Å². The maximum Gasteiger partial charge on any atom is 0.328 e. The summed E-state index contributed by atoms with van der Waals surface area (Å²) in [6.45, 7) is 1.06. The molecular weight excluding hydrogens is 249 g/mol. The van der Waals surface area contributed by atoms with Crippen LogP contribution in [-0.2, 0) is 16.1 Å². The molecule has 4 nitrogen and oxygen atoms in total. The summed E-state index contributed by atoms with van der Waals surface area (Å²) in [5.74, 6) is -1.44. The topological polar surface area (TPSA) is 57.6 Å². The number of benzene rings is 1. The molecule has 0 saturated carbocycles. The number of halogens is 1. The first-order chi connectivity index (χ1) is 9.04. The van der Waals surface area contributed by atoms with E-state index in [1.807, 2.05) is 0 Å². The zero-order valence-electron chi connectivity index (χ0n) is 10.3. The van der Waals surface area contributed by atoms with Crippen molar-refractivity contribution in [3.8, 4) is 0 Å². The highest BCUT2D eigenvalue weighted by Crippen LogP contribution is 2.17. The van der Waals surface area contributed by atoms with Crippen LogP contribution in [0.2, 0.25) is 0 Å². The van der Waals surface area contributed by atoms with E-state index in [4.69, 9.17) is 5.11 Å². The molecule has 19 heavy (non-hydrogen) atoms. The number of carboxylic acid groups (broad SMARTS) is 1. The van der Waals surface area contributed by atoms with Gasteiger partial charge in [-0.2, -0.15) is 0 Å². The van der Waals surface area contributed by atoms with Gasteiger partial charge in [0.1, 0.15) is 5.82 Å². The zero-order valence-corrected chi connectivity index (χ0v) is 10.3. The highest BCUT2D eigenvalue weighted by Gasteiger charge is 2.20. The predicted octanol–water partition coefficient (Wildman–Crippen LogP) is 2.05. The molecule has 1 aromatic rings. The lowest BCUT2D eigenvalue weighted by atomic mass is 10.1. The van der Waals surface area contributed by atoms with Crippen LogP contribution in [0.1, 0.15) is 24.0 Å². The number of aliphatic carboxylic acids is 1. The predicted molar refractivity (Wildman–Crippen MR) is 67.7 cm³/mol. The summed E-state index contributed by atoms with van der Waals surface area (Å²) in [6.07, 6.45) is 3.67. The third-order valence-corrected chi connectivity index (χ3v) is 2.94. The average molecular weight is 263 g/mol. The van der Waals surface area contributed by atoms with E-state index in [1.54, 1.807) is 11.0 Å². The number of amides is 1. The lowest BCUT2D eigenvalue weighted by Gasteiger charge is -2.15. The number of rotatable bonds is 4. The molecule has 1 aromatic carbocycles. The maximum absolute atomic E-state index is 13.4. The van der Waals surface area contributed by atoms with Crippen LogP contribution in [0.3, 0.4) is 0 Å². The Morgan fingerprint density at radius 3 is 2.84 bits per heavy atom. The molecule has 1 heterocycles. The fourth-order valence-electron chi connectivity index (χ4n) is 2.12. The van der Waals surface area contributed by atoms with Crippen molar-refractivity contribution in [3.63, 3.8) is 0 Å². The van der Waals surface area contributed by atoms with Gasteiger partial charge in [-0.05, 0) is 41.8 Å². The Kier molecular flexibility index (Phi) is 3.94. The fraction of sp³-hybridized carbons (Fsp3) is 0.286. The minimum atomic E-state index is -1.08. The Morgan fingerprint density at radius 1 is 1.42 bits per heavy atom. The molecule has 5 heteroatoms. The highest BCUT2D eigenvalue weighted by molar-refractivity contribution is 5.85. The molecule has 0 bridgehead atoms. The SMILES string of the molecule is O=C(O)C=Cc1cc(F)cc(CN2CCCC2=O)c1. The second kappa shape index (κ2) is 5.65. The monoisotopic (exact) mass is 263 g/mol. The summed E-state index contributed by atoms with van der Waals surface area (Å²) >= 11 is 0. The first-order valence-electron chi connectivity index (χ1n) is 6.03. The summed E-state index contributed by atoms with van der Waals surface area (Å²) in [5.41, 5.74) is 1.14. The lowest BCUT2D eigenvalue weighted by molar-refractivity contribution is -0.131. The summed E-state index contributed by atoms with van der Waals surface area (Å²) in [6, 6.07) is 4.31. The van der Waals surface area contributed by atoms with Crippen LogP contribution < -0.4 is 0 Å². The van der Waals surface area contributed by atoms with Crippen LogP contribution in [0.5, 0.6) is 0 Å². The van der Waals surface area contributed by atoms with Gasteiger partial charge in [0.05, 0.1) is 0 Å². The molecule has 0 aromatic heterocycles. The van der Waals surface area contributed by atoms with E-state index in [-0.39, 0.29) is 5.91 Å². The molecule has 0 spiro atoms. The Bertz CT molecular complexity index is 539. The van der Waals surface area contributed by atoms with Gasteiger partial charge in [0.25, 0.3) is 0 Å². The second-order valence-corrected chi connectivity index (χ2v) is 4.48. The molecule has 1 fully saturated rings. The van der Waals surface area contributed by atoms with E-state index in [9.17, 15) is 14.0 Å². The number of carbonyl (C=O) groups is 2. The fourth-order valence-corrected chi connectivity index (χ4v) is 2.12. The number of nitrogens with zero attached hydrogens (tertiary/aromatic N) is 1. The quantitative estimate of drug-likeness (QED) is 0.846. The third kappa shape index (κ3) is 3.64. The van der Waals surface area contributed by atoms with Crippen LogP contribution in [0, 0.1) is 5.82 Å². The molecule has 0 aliphatic carbocycles. The first-order valence-corrected chi connectivity index (χ1v) is 6.03. The normalized spacial score (nSPS) is 15.4. The number of hydrogen-bond acceptors (Lipinski definition) is 2. The minimum absolute atomic E-state index is 0.0758. The molecule has 1 aliphatic rings. The van der Waals surface area contributed by atoms with Crippen molar-refractivity contribution in [2.45, 2.75) is 19.4 Å². The minimum Gasteiger partial charge on any atom is -0.478 e. The standard InChI is InChI=1S/C14H14FNO3/c15-12-7-10(3-4-14(18)19)6-11(8-12)9-16-5-1-2-13(16)17/h3-4,6-8H,1-2,5,9H2,(H,18,19). The van der Waals surface area contributed by atoms with Gasteiger partial charge in [-0.25, -0.2) is 9.18 Å². The van der Waals surface area contributed by atoms with Crippen molar-refractivity contribution in [3.05, 3.63) is 41.2 Å². The number of carboxylic acids is 1. The van der Waals surface area contributed by atoms with Crippen molar-refractivity contribution < 1.29 is 19.1 Å². The van der Waals surface area contributed by atoms with Crippen molar-refractivity contribution >= 4 is 18.0 Å².